The van der Waals surface area contributed by atoms with Crippen molar-refractivity contribution in [3.8, 4) is 0 Å². The molecule has 3 heteroatoms. The summed E-state index contributed by atoms with van der Waals surface area (Å²) in [6.45, 7) is 6.04. The zero-order chi connectivity index (χ0) is 13.1. The highest BCUT2D eigenvalue weighted by Gasteiger charge is 2.52. The molecule has 2 aliphatic carbocycles. The van der Waals surface area contributed by atoms with Gasteiger partial charge in [-0.25, -0.2) is 0 Å². The van der Waals surface area contributed by atoms with Gasteiger partial charge in [0.05, 0.1) is 11.5 Å². The molecule has 3 nitrogen and oxygen atoms in total. The molecule has 0 aromatic carbocycles. The summed E-state index contributed by atoms with van der Waals surface area (Å²) in [7, 11) is 0. The Balaban J connectivity index is 2.04. The van der Waals surface area contributed by atoms with Crippen molar-refractivity contribution < 1.29 is 14.6 Å². The molecule has 2 fully saturated rings. The summed E-state index contributed by atoms with van der Waals surface area (Å²) in [5.41, 5.74) is 1.93. The van der Waals surface area contributed by atoms with Gasteiger partial charge in [0.15, 0.2) is 0 Å². The molecule has 0 unspecified atom stereocenters. The lowest BCUT2D eigenvalue weighted by Gasteiger charge is -2.31. The predicted molar refractivity (Wildman–Crippen MR) is 67.8 cm³/mol. The fourth-order valence-electron chi connectivity index (χ4n) is 4.13. The molecule has 1 saturated heterocycles. The maximum atomic E-state index is 11.8. The van der Waals surface area contributed by atoms with Crippen LogP contribution in [0.2, 0.25) is 0 Å². The number of fused-ring (bicyclic) bond motifs is 3. The van der Waals surface area contributed by atoms with Crippen LogP contribution in [0.5, 0.6) is 0 Å². The maximum absolute atomic E-state index is 11.8. The van der Waals surface area contributed by atoms with Crippen LogP contribution in [0.3, 0.4) is 0 Å². The molecular formula is C15H22O3. The van der Waals surface area contributed by atoms with E-state index in [4.69, 9.17) is 4.74 Å². The van der Waals surface area contributed by atoms with E-state index in [1.165, 1.54) is 11.1 Å². The SMILES string of the molecule is CC1=C2[C@H]3OC(=O)[C@@H](C)[C@@H]3CC[C@](C)(O)[C@H]2CC1. The predicted octanol–water partition coefficient (Wildman–Crippen LogP) is 2.44. The first-order chi connectivity index (χ1) is 8.42. The third-order valence-corrected chi connectivity index (χ3v) is 5.36. The van der Waals surface area contributed by atoms with Crippen molar-refractivity contribution in [1.82, 2.24) is 0 Å². The minimum absolute atomic E-state index is 0.0227. The molecule has 1 aliphatic heterocycles. The van der Waals surface area contributed by atoms with E-state index in [1.54, 1.807) is 0 Å². The highest BCUT2D eigenvalue weighted by molar-refractivity contribution is 5.75. The van der Waals surface area contributed by atoms with Crippen LogP contribution >= 0.6 is 0 Å². The smallest absolute Gasteiger partial charge is 0.309 e. The number of carbonyl (C=O) groups excluding carboxylic acids is 1. The Kier molecular flexibility index (Phi) is 2.60. The Hall–Kier alpha value is -0.830. The highest BCUT2D eigenvalue weighted by atomic mass is 16.6. The minimum Gasteiger partial charge on any atom is -0.457 e. The molecule has 0 aromatic rings. The molecule has 1 heterocycles. The number of rotatable bonds is 0. The number of ether oxygens (including phenoxy) is 1. The van der Waals surface area contributed by atoms with Crippen molar-refractivity contribution >= 4 is 5.97 Å². The Morgan fingerprint density at radius 2 is 2.11 bits per heavy atom. The Bertz CT molecular complexity index is 421. The van der Waals surface area contributed by atoms with Crippen LogP contribution in [-0.4, -0.2) is 22.8 Å². The standard InChI is InChI=1S/C15H22O3/c1-8-4-5-11-12(8)13-10(6-7-15(11,3)17)9(2)14(16)18-13/h9-11,13,17H,4-7H2,1-3H3/t9-,10-,11-,13-,15-/m0/s1. The van der Waals surface area contributed by atoms with Crippen molar-refractivity contribution in [1.29, 1.82) is 0 Å². The van der Waals surface area contributed by atoms with Crippen molar-refractivity contribution in [3.05, 3.63) is 11.1 Å². The number of carbonyl (C=O) groups is 1. The average Bonchev–Trinajstić information content (AvgIpc) is 2.76. The van der Waals surface area contributed by atoms with Crippen LogP contribution < -0.4 is 0 Å². The highest BCUT2D eigenvalue weighted by Crippen LogP contribution is 2.51. The van der Waals surface area contributed by atoms with Crippen molar-refractivity contribution in [3.63, 3.8) is 0 Å². The second-order valence-electron chi connectivity index (χ2n) is 6.53. The normalized spacial score (nSPS) is 47.7. The van der Waals surface area contributed by atoms with E-state index in [2.05, 4.69) is 6.92 Å². The van der Waals surface area contributed by atoms with E-state index in [9.17, 15) is 9.90 Å². The van der Waals surface area contributed by atoms with Crippen LogP contribution in [0.4, 0.5) is 0 Å². The van der Waals surface area contributed by atoms with E-state index >= 15 is 0 Å². The quantitative estimate of drug-likeness (QED) is 0.530. The van der Waals surface area contributed by atoms with Crippen LogP contribution in [0.15, 0.2) is 11.1 Å². The summed E-state index contributed by atoms with van der Waals surface area (Å²) >= 11 is 0. The number of hydrogen-bond acceptors (Lipinski definition) is 3. The van der Waals surface area contributed by atoms with Gasteiger partial charge in [-0.2, -0.15) is 0 Å². The Labute approximate surface area is 108 Å². The first kappa shape index (κ1) is 12.2. The molecule has 0 spiro atoms. The van der Waals surface area contributed by atoms with E-state index in [1.807, 2.05) is 13.8 Å². The molecule has 1 N–H and O–H groups in total. The largest absolute Gasteiger partial charge is 0.457 e. The van der Waals surface area contributed by atoms with Crippen molar-refractivity contribution in [2.75, 3.05) is 0 Å². The second-order valence-corrected chi connectivity index (χ2v) is 6.53. The van der Waals surface area contributed by atoms with Crippen LogP contribution in [0.1, 0.15) is 46.5 Å². The number of hydrogen-bond donors (Lipinski definition) is 1. The van der Waals surface area contributed by atoms with Crippen LogP contribution in [0.25, 0.3) is 0 Å². The molecule has 0 bridgehead atoms. The molecule has 0 amide bonds. The fourth-order valence-corrected chi connectivity index (χ4v) is 4.13. The van der Waals surface area contributed by atoms with E-state index in [-0.39, 0.29) is 29.8 Å². The van der Waals surface area contributed by atoms with Gasteiger partial charge < -0.3 is 9.84 Å². The number of allylic oxidation sites excluding steroid dienone is 1. The zero-order valence-electron chi connectivity index (χ0n) is 11.4. The monoisotopic (exact) mass is 250 g/mol. The molecule has 100 valence electrons. The number of esters is 1. The van der Waals surface area contributed by atoms with Gasteiger partial charge in [0.2, 0.25) is 0 Å². The van der Waals surface area contributed by atoms with Crippen molar-refractivity contribution in [2.45, 2.75) is 58.2 Å². The molecule has 1 saturated carbocycles. The molecule has 3 rings (SSSR count). The summed E-state index contributed by atoms with van der Waals surface area (Å²) in [5, 5.41) is 10.7. The average molecular weight is 250 g/mol. The zero-order valence-corrected chi connectivity index (χ0v) is 11.4. The minimum atomic E-state index is -0.635. The first-order valence-corrected chi connectivity index (χ1v) is 7.04. The van der Waals surface area contributed by atoms with E-state index in [0.29, 0.717) is 0 Å². The Morgan fingerprint density at radius 1 is 1.39 bits per heavy atom. The summed E-state index contributed by atoms with van der Waals surface area (Å²) in [5.74, 6) is 0.366. The van der Waals surface area contributed by atoms with Gasteiger partial charge in [0.1, 0.15) is 6.10 Å². The van der Waals surface area contributed by atoms with E-state index < -0.39 is 5.60 Å². The van der Waals surface area contributed by atoms with E-state index in [0.717, 1.165) is 25.7 Å². The summed E-state index contributed by atoms with van der Waals surface area (Å²) in [6, 6.07) is 0. The summed E-state index contributed by atoms with van der Waals surface area (Å²) in [4.78, 5) is 11.8. The van der Waals surface area contributed by atoms with Gasteiger partial charge in [-0.15, -0.1) is 0 Å². The van der Waals surface area contributed by atoms with Crippen LogP contribution in [0, 0.1) is 17.8 Å². The maximum Gasteiger partial charge on any atom is 0.309 e. The van der Waals surface area contributed by atoms with Gasteiger partial charge in [0, 0.05) is 11.8 Å². The fraction of sp³-hybridized carbons (Fsp3) is 0.800. The third kappa shape index (κ3) is 1.56. The lowest BCUT2D eigenvalue weighted by molar-refractivity contribution is -0.143. The van der Waals surface area contributed by atoms with Gasteiger partial charge in [0.25, 0.3) is 0 Å². The summed E-state index contributed by atoms with van der Waals surface area (Å²) < 4.78 is 5.63. The topological polar surface area (TPSA) is 46.5 Å². The second kappa shape index (κ2) is 3.83. The van der Waals surface area contributed by atoms with Crippen molar-refractivity contribution in [2.24, 2.45) is 17.8 Å². The molecule has 18 heavy (non-hydrogen) atoms. The van der Waals surface area contributed by atoms with Gasteiger partial charge in [-0.3, -0.25) is 4.79 Å². The Morgan fingerprint density at radius 3 is 2.83 bits per heavy atom. The van der Waals surface area contributed by atoms with Gasteiger partial charge in [-0.05, 0) is 45.1 Å². The molecule has 0 aromatic heterocycles. The van der Waals surface area contributed by atoms with Crippen LogP contribution in [-0.2, 0) is 9.53 Å². The first-order valence-electron chi connectivity index (χ1n) is 7.04. The lowest BCUT2D eigenvalue weighted by atomic mass is 9.81. The molecule has 5 atom stereocenters. The van der Waals surface area contributed by atoms with Gasteiger partial charge in [-0.1, -0.05) is 12.5 Å². The summed E-state index contributed by atoms with van der Waals surface area (Å²) in [6.07, 6.45) is 3.64. The molecule has 0 radical (unpaired) electrons. The molecule has 3 aliphatic rings. The van der Waals surface area contributed by atoms with Gasteiger partial charge >= 0.3 is 5.97 Å². The number of aliphatic hydroxyl groups is 1. The lowest BCUT2D eigenvalue weighted by Crippen LogP contribution is -2.35. The third-order valence-electron chi connectivity index (χ3n) is 5.36. The molecular weight excluding hydrogens is 228 g/mol.